The summed E-state index contributed by atoms with van der Waals surface area (Å²) in [5, 5.41) is 7.74. The zero-order chi connectivity index (χ0) is 16.8. The first kappa shape index (κ1) is 16.9. The van der Waals surface area contributed by atoms with Crippen molar-refractivity contribution in [3.63, 3.8) is 0 Å². The number of methoxy groups -OCH3 is 1. The van der Waals surface area contributed by atoms with Crippen molar-refractivity contribution in [2.24, 2.45) is 5.73 Å². The lowest BCUT2D eigenvalue weighted by Gasteiger charge is -2.11. The highest BCUT2D eigenvalue weighted by molar-refractivity contribution is 7.09. The fourth-order valence-corrected chi connectivity index (χ4v) is 2.73. The minimum Gasteiger partial charge on any atom is -0.495 e. The molecule has 8 heteroatoms. The van der Waals surface area contributed by atoms with E-state index in [1.807, 2.05) is 0 Å². The Morgan fingerprint density at radius 1 is 1.35 bits per heavy atom. The summed E-state index contributed by atoms with van der Waals surface area (Å²) in [4.78, 5) is 28.2. The van der Waals surface area contributed by atoms with E-state index in [1.165, 1.54) is 18.4 Å². The van der Waals surface area contributed by atoms with Gasteiger partial charge >= 0.3 is 0 Å². The van der Waals surface area contributed by atoms with Crippen LogP contribution in [0, 0.1) is 0 Å². The number of anilines is 1. The molecule has 2 rings (SSSR count). The number of benzene rings is 1. The zero-order valence-electron chi connectivity index (χ0n) is 12.9. The molecule has 1 aromatic carbocycles. The molecule has 2 aromatic rings. The van der Waals surface area contributed by atoms with E-state index in [0.717, 1.165) is 5.01 Å². The van der Waals surface area contributed by atoms with Gasteiger partial charge in [0.2, 0.25) is 0 Å². The highest BCUT2D eigenvalue weighted by atomic mass is 32.1. The monoisotopic (exact) mass is 334 g/mol. The molecule has 0 aliphatic rings. The number of rotatable bonds is 6. The molecule has 23 heavy (non-hydrogen) atoms. The van der Waals surface area contributed by atoms with Gasteiger partial charge in [-0.1, -0.05) is 0 Å². The second kappa shape index (κ2) is 7.70. The third-order valence-electron chi connectivity index (χ3n) is 3.08. The van der Waals surface area contributed by atoms with Crippen LogP contribution >= 0.6 is 11.3 Å². The van der Waals surface area contributed by atoms with E-state index in [-0.39, 0.29) is 11.8 Å². The van der Waals surface area contributed by atoms with Crippen molar-refractivity contribution < 1.29 is 14.3 Å². The Morgan fingerprint density at radius 3 is 2.78 bits per heavy atom. The van der Waals surface area contributed by atoms with Crippen LogP contribution in [0.15, 0.2) is 23.6 Å². The largest absolute Gasteiger partial charge is 0.495 e. The molecule has 2 amide bonds. The molecule has 0 fully saturated rings. The number of nitrogens with one attached hydrogen (secondary N) is 2. The summed E-state index contributed by atoms with van der Waals surface area (Å²) in [6.45, 7) is 0.483. The fraction of sp³-hybridized carbons (Fsp3) is 0.267. The number of amides is 2. The molecule has 7 nitrogen and oxygen atoms in total. The molecule has 122 valence electrons. The summed E-state index contributed by atoms with van der Waals surface area (Å²) in [6, 6.07) is 4.80. The number of aromatic nitrogens is 1. The van der Waals surface area contributed by atoms with Crippen LogP contribution in [0.1, 0.15) is 25.9 Å². The molecule has 0 unspecified atom stereocenters. The maximum absolute atomic E-state index is 12.3. The summed E-state index contributed by atoms with van der Waals surface area (Å²) in [7, 11) is 3.03. The van der Waals surface area contributed by atoms with E-state index in [2.05, 4.69) is 15.6 Å². The summed E-state index contributed by atoms with van der Waals surface area (Å²) in [6.07, 6.45) is 0.632. The van der Waals surface area contributed by atoms with Crippen LogP contribution in [0.3, 0.4) is 0 Å². The van der Waals surface area contributed by atoms with Gasteiger partial charge in [-0.05, 0) is 24.7 Å². The van der Waals surface area contributed by atoms with Crippen molar-refractivity contribution >= 4 is 28.8 Å². The molecule has 0 saturated carbocycles. The second-order valence-corrected chi connectivity index (χ2v) is 5.56. The number of carbonyl (C=O) groups is 2. The van der Waals surface area contributed by atoms with E-state index < -0.39 is 0 Å². The first-order chi connectivity index (χ1) is 11.1. The predicted octanol–water partition coefficient (Wildman–Crippen LogP) is 1.26. The molecule has 1 aromatic heterocycles. The van der Waals surface area contributed by atoms with Crippen LogP contribution in [-0.2, 0) is 6.42 Å². The highest BCUT2D eigenvalue weighted by Crippen LogP contribution is 2.26. The van der Waals surface area contributed by atoms with Gasteiger partial charge < -0.3 is 21.1 Å². The third-order valence-corrected chi connectivity index (χ3v) is 3.99. The Balaban J connectivity index is 2.22. The normalized spacial score (nSPS) is 10.2. The van der Waals surface area contributed by atoms with Crippen LogP contribution in [0.25, 0.3) is 0 Å². The van der Waals surface area contributed by atoms with Crippen LogP contribution in [0.2, 0.25) is 0 Å². The smallest absolute Gasteiger partial charge is 0.275 e. The molecular weight excluding hydrogens is 316 g/mol. The van der Waals surface area contributed by atoms with Gasteiger partial charge in [-0.15, -0.1) is 11.3 Å². The molecule has 0 aliphatic carbocycles. The van der Waals surface area contributed by atoms with Crippen molar-refractivity contribution in [2.45, 2.75) is 6.42 Å². The van der Waals surface area contributed by atoms with Crippen molar-refractivity contribution in [1.29, 1.82) is 0 Å². The van der Waals surface area contributed by atoms with Crippen LogP contribution in [-0.4, -0.2) is 37.5 Å². The lowest BCUT2D eigenvalue weighted by atomic mass is 10.1. The van der Waals surface area contributed by atoms with Gasteiger partial charge in [0.15, 0.2) is 0 Å². The first-order valence-corrected chi connectivity index (χ1v) is 7.83. The number of nitrogens with two attached hydrogens (primary N) is 1. The molecule has 0 bridgehead atoms. The number of nitrogens with zero attached hydrogens (tertiary/aromatic N) is 1. The maximum Gasteiger partial charge on any atom is 0.275 e. The summed E-state index contributed by atoms with van der Waals surface area (Å²) < 4.78 is 5.21. The quantitative estimate of drug-likeness (QED) is 0.737. The number of hydrogen-bond donors (Lipinski definition) is 3. The molecule has 1 heterocycles. The maximum atomic E-state index is 12.3. The minimum absolute atomic E-state index is 0.248. The zero-order valence-corrected chi connectivity index (χ0v) is 13.7. The van der Waals surface area contributed by atoms with Crippen molar-refractivity contribution in [3.8, 4) is 5.75 Å². The third kappa shape index (κ3) is 4.05. The average molecular weight is 334 g/mol. The van der Waals surface area contributed by atoms with Gasteiger partial charge in [0.05, 0.1) is 17.8 Å². The second-order valence-electron chi connectivity index (χ2n) is 4.61. The lowest BCUT2D eigenvalue weighted by molar-refractivity contribution is 0.0961. The molecule has 0 saturated heterocycles. The number of thiazole rings is 1. The first-order valence-electron chi connectivity index (χ1n) is 6.95. The van der Waals surface area contributed by atoms with Gasteiger partial charge in [-0.25, -0.2) is 4.98 Å². The number of hydrogen-bond acceptors (Lipinski definition) is 6. The predicted molar refractivity (Wildman–Crippen MR) is 89.2 cm³/mol. The van der Waals surface area contributed by atoms with Crippen LogP contribution < -0.4 is 21.1 Å². The standard InChI is InChI=1S/C15H18N4O3S/c1-17-14(20)9-3-4-12(22-2)10(7-9)19-15(21)11-8-23-13(18-11)5-6-16/h3-4,7-8H,5-6,16H2,1-2H3,(H,17,20)(H,19,21). The lowest BCUT2D eigenvalue weighted by Crippen LogP contribution is -2.19. The summed E-state index contributed by atoms with van der Waals surface area (Å²) >= 11 is 1.39. The Hall–Kier alpha value is -2.45. The van der Waals surface area contributed by atoms with E-state index in [9.17, 15) is 9.59 Å². The minimum atomic E-state index is -0.364. The molecular formula is C15H18N4O3S. The van der Waals surface area contributed by atoms with Gasteiger partial charge in [-0.2, -0.15) is 0 Å². The van der Waals surface area contributed by atoms with Crippen LogP contribution in [0.5, 0.6) is 5.75 Å². The Labute approximate surface area is 137 Å². The van der Waals surface area contributed by atoms with E-state index in [4.69, 9.17) is 10.5 Å². The Morgan fingerprint density at radius 2 is 2.13 bits per heavy atom. The Bertz CT molecular complexity index is 714. The SMILES string of the molecule is CNC(=O)c1ccc(OC)c(NC(=O)c2csc(CCN)n2)c1. The van der Waals surface area contributed by atoms with E-state index in [1.54, 1.807) is 30.6 Å². The fourth-order valence-electron chi connectivity index (χ4n) is 1.93. The van der Waals surface area contributed by atoms with Gasteiger partial charge in [0.1, 0.15) is 11.4 Å². The number of ether oxygens (including phenoxy) is 1. The number of carbonyl (C=O) groups excluding carboxylic acids is 2. The summed E-state index contributed by atoms with van der Waals surface area (Å²) in [5.41, 5.74) is 6.62. The van der Waals surface area contributed by atoms with Crippen molar-refractivity contribution in [3.05, 3.63) is 39.8 Å². The van der Waals surface area contributed by atoms with Gasteiger partial charge in [0.25, 0.3) is 11.8 Å². The van der Waals surface area contributed by atoms with Gasteiger partial charge in [-0.3, -0.25) is 9.59 Å². The average Bonchev–Trinajstić information content (AvgIpc) is 3.03. The topological polar surface area (TPSA) is 106 Å². The molecule has 4 N–H and O–H groups in total. The Kier molecular flexibility index (Phi) is 5.67. The van der Waals surface area contributed by atoms with Crippen LogP contribution in [0.4, 0.5) is 5.69 Å². The highest BCUT2D eigenvalue weighted by Gasteiger charge is 2.15. The molecule has 0 spiro atoms. The summed E-state index contributed by atoms with van der Waals surface area (Å²) in [5.74, 6) is -0.151. The molecule has 0 aliphatic heterocycles. The van der Waals surface area contributed by atoms with Crippen molar-refractivity contribution in [1.82, 2.24) is 10.3 Å². The van der Waals surface area contributed by atoms with Crippen molar-refractivity contribution in [2.75, 3.05) is 26.0 Å². The molecule has 0 radical (unpaired) electrons. The molecule has 0 atom stereocenters. The van der Waals surface area contributed by atoms with E-state index >= 15 is 0 Å². The van der Waals surface area contributed by atoms with E-state index in [0.29, 0.717) is 35.7 Å². The van der Waals surface area contributed by atoms with Gasteiger partial charge in [0, 0.05) is 24.4 Å².